The highest BCUT2D eigenvalue weighted by molar-refractivity contribution is 5.98. The van der Waals surface area contributed by atoms with E-state index in [1.807, 2.05) is 68.8 Å². The Hall–Kier alpha value is -3.52. The average Bonchev–Trinajstić information content (AvgIpc) is 3.08. The molecule has 2 heterocycles. The zero-order valence-electron chi connectivity index (χ0n) is 21.6. The Kier molecular flexibility index (Phi) is 7.26. The van der Waals surface area contributed by atoms with Crippen LogP contribution in [0, 0.1) is 11.2 Å². The lowest BCUT2D eigenvalue weighted by molar-refractivity contribution is -0.124. The van der Waals surface area contributed by atoms with Gasteiger partial charge in [0.25, 0.3) is 5.91 Å². The van der Waals surface area contributed by atoms with Gasteiger partial charge in [-0.1, -0.05) is 63.2 Å². The van der Waals surface area contributed by atoms with Crippen molar-refractivity contribution in [1.82, 2.24) is 25.1 Å². The smallest absolute Gasteiger partial charge is 0.272 e. The number of nitrogens with one attached hydrogen (secondary N) is 2. The second kappa shape index (κ2) is 10.2. The molecule has 0 bridgehead atoms. The largest absolute Gasteiger partial charge is 0.357 e. The minimum absolute atomic E-state index is 0.267. The van der Waals surface area contributed by atoms with E-state index in [9.17, 15) is 9.59 Å². The Morgan fingerprint density at radius 1 is 1.06 bits per heavy atom. The lowest BCUT2D eigenvalue weighted by Crippen LogP contribution is -2.53. The summed E-state index contributed by atoms with van der Waals surface area (Å²) in [6.07, 6.45) is 0.876. The van der Waals surface area contributed by atoms with Crippen LogP contribution in [0.25, 0.3) is 22.5 Å². The quantitative estimate of drug-likeness (QED) is 0.564. The number of halogens is 1. The van der Waals surface area contributed by atoms with Gasteiger partial charge in [0.1, 0.15) is 17.7 Å². The number of likely N-dealkylation sites (N-methyl/N-ethyl adjacent to an activating group) is 1. The highest BCUT2D eigenvalue weighted by atomic mass is 19.1. The van der Waals surface area contributed by atoms with Crippen LogP contribution in [0.1, 0.15) is 43.4 Å². The van der Waals surface area contributed by atoms with Gasteiger partial charge in [-0.2, -0.15) is 0 Å². The molecule has 0 saturated carbocycles. The predicted molar refractivity (Wildman–Crippen MR) is 139 cm³/mol. The Morgan fingerprint density at radius 2 is 1.78 bits per heavy atom. The number of imidazole rings is 1. The van der Waals surface area contributed by atoms with E-state index in [1.54, 1.807) is 13.1 Å². The molecule has 3 aromatic rings. The molecule has 36 heavy (non-hydrogen) atoms. The summed E-state index contributed by atoms with van der Waals surface area (Å²) in [6, 6.07) is 13.7. The van der Waals surface area contributed by atoms with Crippen molar-refractivity contribution in [2.75, 3.05) is 20.6 Å². The molecule has 0 aliphatic carbocycles. The summed E-state index contributed by atoms with van der Waals surface area (Å²) in [6.45, 7) is 7.76. The Labute approximate surface area is 211 Å². The van der Waals surface area contributed by atoms with E-state index in [1.165, 1.54) is 6.07 Å². The minimum Gasteiger partial charge on any atom is -0.357 e. The lowest BCUT2D eigenvalue weighted by atomic mass is 9.86. The molecule has 2 aromatic carbocycles. The standard InChI is InChI=1S/C28H34FN5O2/c1-28(2,3)24(27(36)30-4)32-26(35)23-22-17-33(5)14-9-15-34(22)25(31-23)19-12-13-20(21(29)16-19)18-10-7-6-8-11-18/h6-8,10-13,16,24H,9,14-15,17H2,1-5H3,(H,30,36)(H,32,35)/t24-/m1/s1. The summed E-state index contributed by atoms with van der Waals surface area (Å²) in [5, 5.41) is 5.53. The molecule has 0 fully saturated rings. The monoisotopic (exact) mass is 491 g/mol. The van der Waals surface area contributed by atoms with Gasteiger partial charge in [0, 0.05) is 31.3 Å². The maximum Gasteiger partial charge on any atom is 0.272 e. The van der Waals surface area contributed by atoms with E-state index in [-0.39, 0.29) is 17.4 Å². The maximum absolute atomic E-state index is 15.2. The van der Waals surface area contributed by atoms with Crippen molar-refractivity contribution in [3.8, 4) is 22.5 Å². The van der Waals surface area contributed by atoms with Crippen molar-refractivity contribution in [1.29, 1.82) is 0 Å². The summed E-state index contributed by atoms with van der Waals surface area (Å²) in [5.41, 5.74) is 2.45. The Balaban J connectivity index is 1.76. The number of carbonyl (C=O) groups excluding carboxylic acids is 2. The number of amides is 2. The third kappa shape index (κ3) is 5.18. The van der Waals surface area contributed by atoms with Gasteiger partial charge in [-0.15, -0.1) is 0 Å². The third-order valence-corrected chi connectivity index (χ3v) is 6.59. The summed E-state index contributed by atoms with van der Waals surface area (Å²) >= 11 is 0. The van der Waals surface area contributed by atoms with Gasteiger partial charge in [-0.05, 0) is 37.1 Å². The molecule has 4 rings (SSSR count). The van der Waals surface area contributed by atoms with Gasteiger partial charge in [-0.25, -0.2) is 9.37 Å². The van der Waals surface area contributed by atoms with Crippen molar-refractivity contribution in [3.05, 3.63) is 65.7 Å². The fourth-order valence-electron chi connectivity index (χ4n) is 4.65. The molecule has 1 aliphatic heterocycles. The first-order valence-corrected chi connectivity index (χ1v) is 12.3. The van der Waals surface area contributed by atoms with Crippen LogP contribution in [0.4, 0.5) is 4.39 Å². The van der Waals surface area contributed by atoms with Crippen molar-refractivity contribution in [2.45, 2.75) is 46.3 Å². The molecule has 190 valence electrons. The van der Waals surface area contributed by atoms with E-state index < -0.39 is 17.4 Å². The minimum atomic E-state index is -0.734. The average molecular weight is 492 g/mol. The number of hydrogen-bond acceptors (Lipinski definition) is 4. The molecule has 8 heteroatoms. The molecule has 1 atom stereocenters. The van der Waals surface area contributed by atoms with Crippen LogP contribution in [0.15, 0.2) is 48.5 Å². The molecule has 0 saturated heterocycles. The van der Waals surface area contributed by atoms with Crippen LogP contribution < -0.4 is 10.6 Å². The number of benzene rings is 2. The van der Waals surface area contributed by atoms with E-state index >= 15 is 4.39 Å². The van der Waals surface area contributed by atoms with Crippen LogP contribution in [-0.2, 0) is 17.9 Å². The molecular formula is C28H34FN5O2. The SMILES string of the molecule is CNC(=O)[C@@H](NC(=O)c1nc(-c2ccc(-c3ccccc3)c(F)c2)n2c1CN(C)CCC2)C(C)(C)C. The number of aromatic nitrogens is 2. The van der Waals surface area contributed by atoms with Crippen molar-refractivity contribution < 1.29 is 14.0 Å². The van der Waals surface area contributed by atoms with Crippen molar-refractivity contribution >= 4 is 11.8 Å². The predicted octanol–water partition coefficient (Wildman–Crippen LogP) is 4.08. The van der Waals surface area contributed by atoms with Crippen molar-refractivity contribution in [3.63, 3.8) is 0 Å². The van der Waals surface area contributed by atoms with Crippen LogP contribution in [-0.4, -0.2) is 52.9 Å². The van der Waals surface area contributed by atoms with Crippen LogP contribution in [0.3, 0.4) is 0 Å². The number of nitrogens with zero attached hydrogens (tertiary/aromatic N) is 3. The summed E-state index contributed by atoms with van der Waals surface area (Å²) in [7, 11) is 3.55. The Bertz CT molecular complexity index is 1260. The third-order valence-electron chi connectivity index (χ3n) is 6.59. The van der Waals surface area contributed by atoms with Crippen LogP contribution in [0.5, 0.6) is 0 Å². The summed E-state index contributed by atoms with van der Waals surface area (Å²) in [4.78, 5) is 32.9. The first kappa shape index (κ1) is 25.6. The van der Waals surface area contributed by atoms with Crippen molar-refractivity contribution in [2.24, 2.45) is 5.41 Å². The highest BCUT2D eigenvalue weighted by Gasteiger charge is 2.34. The molecule has 2 amide bonds. The van der Waals surface area contributed by atoms with Gasteiger partial charge in [0.15, 0.2) is 5.69 Å². The summed E-state index contributed by atoms with van der Waals surface area (Å²) < 4.78 is 17.2. The van der Waals surface area contributed by atoms with E-state index in [4.69, 9.17) is 4.98 Å². The second-order valence-corrected chi connectivity index (χ2v) is 10.4. The topological polar surface area (TPSA) is 79.3 Å². The van der Waals surface area contributed by atoms with Gasteiger partial charge < -0.3 is 20.1 Å². The highest BCUT2D eigenvalue weighted by Crippen LogP contribution is 2.31. The van der Waals surface area contributed by atoms with E-state index in [2.05, 4.69) is 15.5 Å². The second-order valence-electron chi connectivity index (χ2n) is 10.4. The number of rotatable bonds is 5. The molecule has 1 aliphatic rings. The lowest BCUT2D eigenvalue weighted by Gasteiger charge is -2.29. The fourth-order valence-corrected chi connectivity index (χ4v) is 4.65. The van der Waals surface area contributed by atoms with E-state index in [0.29, 0.717) is 30.0 Å². The van der Waals surface area contributed by atoms with Gasteiger partial charge in [-0.3, -0.25) is 9.59 Å². The number of fused-ring (bicyclic) bond motifs is 1. The molecule has 2 N–H and O–H groups in total. The van der Waals surface area contributed by atoms with Gasteiger partial charge >= 0.3 is 0 Å². The summed E-state index contributed by atoms with van der Waals surface area (Å²) in [5.74, 6) is -0.473. The van der Waals surface area contributed by atoms with Gasteiger partial charge in [0.05, 0.1) is 5.69 Å². The Morgan fingerprint density at radius 3 is 2.42 bits per heavy atom. The van der Waals surface area contributed by atoms with Gasteiger partial charge in [0.2, 0.25) is 5.91 Å². The fraction of sp³-hybridized carbons (Fsp3) is 0.393. The van der Waals surface area contributed by atoms with Crippen LogP contribution >= 0.6 is 0 Å². The first-order valence-electron chi connectivity index (χ1n) is 12.3. The molecule has 7 nitrogen and oxygen atoms in total. The number of carbonyl (C=O) groups is 2. The molecular weight excluding hydrogens is 457 g/mol. The van der Waals surface area contributed by atoms with E-state index in [0.717, 1.165) is 24.2 Å². The van der Waals surface area contributed by atoms with Crippen LogP contribution in [0.2, 0.25) is 0 Å². The maximum atomic E-state index is 15.2. The molecule has 0 spiro atoms. The first-order chi connectivity index (χ1) is 17.1. The zero-order valence-corrected chi connectivity index (χ0v) is 21.6. The zero-order chi connectivity index (χ0) is 26.0. The molecule has 0 radical (unpaired) electrons. The normalized spacial score (nSPS) is 15.1. The number of hydrogen-bond donors (Lipinski definition) is 2. The molecule has 0 unspecified atom stereocenters. The molecule has 1 aromatic heterocycles.